The molecule has 2 N–H and O–H groups in total. The van der Waals surface area contributed by atoms with Gasteiger partial charge in [0.1, 0.15) is 5.82 Å². The summed E-state index contributed by atoms with van der Waals surface area (Å²) < 4.78 is 14.7. The summed E-state index contributed by atoms with van der Waals surface area (Å²) in [6.45, 7) is 0. The molecule has 0 radical (unpaired) electrons. The highest BCUT2D eigenvalue weighted by Crippen LogP contribution is 2.28. The van der Waals surface area contributed by atoms with Gasteiger partial charge in [-0.05, 0) is 18.2 Å². The molecule has 2 heterocycles. The van der Waals surface area contributed by atoms with Crippen molar-refractivity contribution in [3.8, 4) is 0 Å². The third-order valence-corrected chi connectivity index (χ3v) is 4.57. The molecule has 0 aliphatic carbocycles. The lowest BCUT2D eigenvalue weighted by molar-refractivity contribution is 0.624. The van der Waals surface area contributed by atoms with E-state index in [-0.39, 0.29) is 11.4 Å². The summed E-state index contributed by atoms with van der Waals surface area (Å²) in [6.07, 6.45) is 1.69. The molecule has 102 valence electrons. The Balaban J connectivity index is 1.86. The van der Waals surface area contributed by atoms with Crippen LogP contribution < -0.4 is 11.3 Å². The Labute approximate surface area is 122 Å². The normalized spacial score (nSPS) is 11.1. The van der Waals surface area contributed by atoms with Gasteiger partial charge in [0.15, 0.2) is 4.96 Å². The van der Waals surface area contributed by atoms with Crippen LogP contribution in [-0.4, -0.2) is 9.38 Å². The van der Waals surface area contributed by atoms with E-state index in [0.717, 1.165) is 0 Å². The number of benzene rings is 1. The molecule has 0 spiro atoms. The summed E-state index contributed by atoms with van der Waals surface area (Å²) in [5.41, 5.74) is 6.85. The summed E-state index contributed by atoms with van der Waals surface area (Å²) in [6, 6.07) is 5.73. The Morgan fingerprint density at radius 1 is 1.40 bits per heavy atom. The van der Waals surface area contributed by atoms with E-state index in [1.807, 2.05) is 5.38 Å². The first-order valence-corrected chi connectivity index (χ1v) is 7.63. The van der Waals surface area contributed by atoms with Gasteiger partial charge in [0.25, 0.3) is 5.56 Å². The molecule has 7 heteroatoms. The molecule has 0 bridgehead atoms. The maximum Gasteiger partial charge on any atom is 0.258 e. The minimum absolute atomic E-state index is 0.112. The Morgan fingerprint density at radius 3 is 3.10 bits per heavy atom. The lowest BCUT2D eigenvalue weighted by Gasteiger charge is -2.05. The molecule has 0 atom stereocenters. The summed E-state index contributed by atoms with van der Waals surface area (Å²) >= 11 is 2.76. The second-order valence-electron chi connectivity index (χ2n) is 4.11. The van der Waals surface area contributed by atoms with Gasteiger partial charge in [-0.1, -0.05) is 0 Å². The van der Waals surface area contributed by atoms with Crippen molar-refractivity contribution in [2.24, 2.45) is 0 Å². The van der Waals surface area contributed by atoms with Crippen LogP contribution in [0.25, 0.3) is 4.96 Å². The fraction of sp³-hybridized carbons (Fsp3) is 0.0769. The average Bonchev–Trinajstić information content (AvgIpc) is 2.89. The number of rotatable bonds is 3. The molecule has 0 unspecified atom stereocenters. The zero-order valence-electron chi connectivity index (χ0n) is 10.2. The first-order chi connectivity index (χ1) is 9.63. The number of hydrogen-bond acceptors (Lipinski definition) is 5. The van der Waals surface area contributed by atoms with Crippen LogP contribution in [0.1, 0.15) is 5.69 Å². The topological polar surface area (TPSA) is 60.4 Å². The number of aromatic nitrogens is 2. The van der Waals surface area contributed by atoms with E-state index in [1.54, 1.807) is 6.20 Å². The van der Waals surface area contributed by atoms with E-state index in [4.69, 9.17) is 5.73 Å². The molecular weight excluding hydrogens is 297 g/mol. The minimum Gasteiger partial charge on any atom is -0.398 e. The third-order valence-electron chi connectivity index (χ3n) is 2.71. The van der Waals surface area contributed by atoms with Crippen LogP contribution in [0, 0.1) is 5.82 Å². The van der Waals surface area contributed by atoms with Crippen LogP contribution in [-0.2, 0) is 5.75 Å². The molecule has 0 aliphatic rings. The van der Waals surface area contributed by atoms with E-state index >= 15 is 0 Å². The van der Waals surface area contributed by atoms with Crippen molar-refractivity contribution in [1.82, 2.24) is 9.38 Å². The molecule has 0 amide bonds. The number of thioether (sulfide) groups is 1. The Kier molecular flexibility index (Phi) is 3.45. The fourth-order valence-electron chi connectivity index (χ4n) is 1.75. The number of nitrogens with two attached hydrogens (primary N) is 1. The van der Waals surface area contributed by atoms with Crippen molar-refractivity contribution in [2.75, 3.05) is 5.73 Å². The minimum atomic E-state index is -0.330. The van der Waals surface area contributed by atoms with Gasteiger partial charge in [0.05, 0.1) is 5.69 Å². The van der Waals surface area contributed by atoms with Gasteiger partial charge in [-0.15, -0.1) is 23.1 Å². The van der Waals surface area contributed by atoms with Crippen molar-refractivity contribution in [1.29, 1.82) is 0 Å². The van der Waals surface area contributed by atoms with Gasteiger partial charge in [0, 0.05) is 34.0 Å². The molecule has 20 heavy (non-hydrogen) atoms. The van der Waals surface area contributed by atoms with Crippen molar-refractivity contribution in [3.05, 3.63) is 57.7 Å². The van der Waals surface area contributed by atoms with E-state index in [9.17, 15) is 9.18 Å². The number of fused-ring (bicyclic) bond motifs is 1. The molecule has 4 nitrogen and oxygen atoms in total. The maximum absolute atomic E-state index is 13.2. The van der Waals surface area contributed by atoms with Gasteiger partial charge >= 0.3 is 0 Å². The maximum atomic E-state index is 13.2. The van der Waals surface area contributed by atoms with Gasteiger partial charge in [-0.2, -0.15) is 0 Å². The van der Waals surface area contributed by atoms with Crippen LogP contribution in [0.2, 0.25) is 0 Å². The van der Waals surface area contributed by atoms with Crippen LogP contribution in [0.3, 0.4) is 0 Å². The zero-order chi connectivity index (χ0) is 14.1. The second kappa shape index (κ2) is 5.26. The van der Waals surface area contributed by atoms with Gasteiger partial charge in [-0.3, -0.25) is 9.20 Å². The van der Waals surface area contributed by atoms with Crippen LogP contribution in [0.15, 0.2) is 45.5 Å². The predicted octanol–water partition coefficient (Wildman–Crippen LogP) is 2.77. The largest absolute Gasteiger partial charge is 0.398 e. The lowest BCUT2D eigenvalue weighted by atomic mass is 10.3. The molecule has 0 aliphatic heterocycles. The summed E-state index contributed by atoms with van der Waals surface area (Å²) in [4.78, 5) is 17.5. The molecule has 2 aromatic heterocycles. The van der Waals surface area contributed by atoms with Gasteiger partial charge in [0.2, 0.25) is 0 Å². The van der Waals surface area contributed by atoms with Crippen LogP contribution >= 0.6 is 23.1 Å². The van der Waals surface area contributed by atoms with Crippen LogP contribution in [0.5, 0.6) is 0 Å². The molecule has 0 fully saturated rings. The van der Waals surface area contributed by atoms with Crippen molar-refractivity contribution < 1.29 is 4.39 Å². The van der Waals surface area contributed by atoms with E-state index in [2.05, 4.69) is 4.98 Å². The number of nitrogens with zero attached hydrogens (tertiary/aromatic N) is 2. The SMILES string of the molecule is Nc1ccc(F)cc1SCc1cc(=O)n2ccsc2n1. The van der Waals surface area contributed by atoms with Crippen LogP contribution in [0.4, 0.5) is 10.1 Å². The number of halogens is 1. The number of thiazole rings is 1. The second-order valence-corrected chi connectivity index (χ2v) is 6.00. The average molecular weight is 307 g/mol. The lowest BCUT2D eigenvalue weighted by Crippen LogP contribution is -2.12. The Morgan fingerprint density at radius 2 is 2.25 bits per heavy atom. The molecule has 1 aromatic carbocycles. The highest BCUT2D eigenvalue weighted by molar-refractivity contribution is 7.98. The van der Waals surface area contributed by atoms with Crippen molar-refractivity contribution in [2.45, 2.75) is 10.6 Å². The summed E-state index contributed by atoms with van der Waals surface area (Å²) in [5.74, 6) is 0.139. The molecular formula is C13H10FN3OS2. The predicted molar refractivity (Wildman–Crippen MR) is 79.7 cm³/mol. The monoisotopic (exact) mass is 307 g/mol. The summed E-state index contributed by atoms with van der Waals surface area (Å²) in [7, 11) is 0. The van der Waals surface area contributed by atoms with E-state index in [0.29, 0.717) is 27.0 Å². The molecule has 0 saturated heterocycles. The van der Waals surface area contributed by atoms with Crippen molar-refractivity contribution in [3.63, 3.8) is 0 Å². The van der Waals surface area contributed by atoms with Gasteiger partial charge in [-0.25, -0.2) is 9.37 Å². The Bertz CT molecular complexity index is 828. The zero-order valence-corrected chi connectivity index (χ0v) is 11.9. The Hall–Kier alpha value is -1.86. The quantitative estimate of drug-likeness (QED) is 0.597. The number of nitrogen functional groups attached to an aromatic ring is 1. The summed E-state index contributed by atoms with van der Waals surface area (Å²) in [5, 5.41) is 1.81. The van der Waals surface area contributed by atoms with Gasteiger partial charge < -0.3 is 5.73 Å². The third kappa shape index (κ3) is 2.54. The number of anilines is 1. The van der Waals surface area contributed by atoms with Crippen molar-refractivity contribution >= 4 is 33.7 Å². The highest BCUT2D eigenvalue weighted by atomic mass is 32.2. The molecule has 3 rings (SSSR count). The fourth-order valence-corrected chi connectivity index (χ4v) is 3.37. The smallest absolute Gasteiger partial charge is 0.258 e. The van der Waals surface area contributed by atoms with E-state index < -0.39 is 0 Å². The first-order valence-electron chi connectivity index (χ1n) is 5.77. The molecule has 3 aromatic rings. The number of hydrogen-bond donors (Lipinski definition) is 1. The molecule has 0 saturated carbocycles. The standard InChI is InChI=1S/C13H10FN3OS2/c14-8-1-2-10(15)11(5-8)20-7-9-6-12(18)17-3-4-19-13(17)16-9/h1-6H,7,15H2. The first kappa shape index (κ1) is 13.1. The highest BCUT2D eigenvalue weighted by Gasteiger charge is 2.06. The van der Waals surface area contributed by atoms with E-state index in [1.165, 1.54) is 51.8 Å².